The normalized spacial score (nSPS) is 11.8. The highest BCUT2D eigenvalue weighted by Crippen LogP contribution is 2.36. The topological polar surface area (TPSA) is 90.6 Å². The van der Waals surface area contributed by atoms with Crippen LogP contribution in [0.3, 0.4) is 0 Å². The molecule has 0 spiro atoms. The Morgan fingerprint density at radius 1 is 1.03 bits per heavy atom. The van der Waals surface area contributed by atoms with E-state index in [1.54, 1.807) is 18.3 Å². The number of H-pyrrole nitrogens is 1. The standard InChI is InChI=1S/C29H28FN5O3/c1-19(35(4)23-8-6-5-7-9-23)10-11-20(18-36)29(37)32-22-12-13-27(24(30)15-22)38-28-14-21-17-31-33-25(21)16-26(28)34(2)3/h5-18H,1-4H3,(H,31,33)(H,32,37)/b19-10-,20-11+. The molecular formula is C29H28FN5O3. The molecule has 0 fully saturated rings. The molecule has 4 rings (SSSR count). The number of aromatic nitrogens is 2. The van der Waals surface area contributed by atoms with E-state index in [-0.39, 0.29) is 17.0 Å². The van der Waals surface area contributed by atoms with E-state index in [2.05, 4.69) is 15.5 Å². The zero-order valence-electron chi connectivity index (χ0n) is 21.5. The smallest absolute Gasteiger partial charge is 0.258 e. The van der Waals surface area contributed by atoms with Gasteiger partial charge in [-0.15, -0.1) is 0 Å². The Morgan fingerprint density at radius 3 is 2.47 bits per heavy atom. The number of carbonyl (C=O) groups is 2. The summed E-state index contributed by atoms with van der Waals surface area (Å²) in [4.78, 5) is 28.1. The van der Waals surface area contributed by atoms with Crippen molar-refractivity contribution in [1.29, 1.82) is 0 Å². The third-order valence-electron chi connectivity index (χ3n) is 5.98. The molecule has 2 N–H and O–H groups in total. The number of aldehydes is 1. The van der Waals surface area contributed by atoms with Gasteiger partial charge in [-0.3, -0.25) is 14.7 Å². The molecule has 0 atom stereocenters. The van der Waals surface area contributed by atoms with Gasteiger partial charge in [-0.1, -0.05) is 18.2 Å². The average molecular weight is 514 g/mol. The molecule has 194 valence electrons. The summed E-state index contributed by atoms with van der Waals surface area (Å²) >= 11 is 0. The molecule has 0 unspecified atom stereocenters. The van der Waals surface area contributed by atoms with Gasteiger partial charge in [0, 0.05) is 49.7 Å². The Balaban J connectivity index is 1.49. The van der Waals surface area contributed by atoms with Crippen molar-refractivity contribution < 1.29 is 18.7 Å². The van der Waals surface area contributed by atoms with Crippen molar-refractivity contribution in [2.45, 2.75) is 6.92 Å². The number of ether oxygens (including phenoxy) is 1. The quantitative estimate of drug-likeness (QED) is 0.0986. The van der Waals surface area contributed by atoms with E-state index in [0.717, 1.165) is 34.0 Å². The molecule has 4 aromatic rings. The SMILES string of the molecule is C/C(=C/C=C(\C=O)C(=O)Nc1ccc(Oc2cc3cn[nH]c3cc2N(C)C)c(F)c1)N(C)c1ccccc1. The molecule has 0 saturated carbocycles. The van der Waals surface area contributed by atoms with Gasteiger partial charge in [-0.2, -0.15) is 5.10 Å². The third-order valence-corrected chi connectivity index (χ3v) is 5.98. The molecule has 8 nitrogen and oxygen atoms in total. The first-order chi connectivity index (χ1) is 18.3. The number of fused-ring (bicyclic) bond motifs is 1. The Morgan fingerprint density at radius 2 is 1.79 bits per heavy atom. The fraction of sp³-hybridized carbons (Fsp3) is 0.138. The Labute approximate surface area is 220 Å². The molecule has 3 aromatic carbocycles. The average Bonchev–Trinajstić information content (AvgIpc) is 3.37. The minimum absolute atomic E-state index is 0.0115. The van der Waals surface area contributed by atoms with Crippen LogP contribution in [-0.4, -0.2) is 43.5 Å². The lowest BCUT2D eigenvalue weighted by molar-refractivity contribution is -0.115. The second-order valence-corrected chi connectivity index (χ2v) is 8.82. The molecule has 9 heteroatoms. The molecular weight excluding hydrogens is 485 g/mol. The summed E-state index contributed by atoms with van der Waals surface area (Å²) in [5.74, 6) is -0.882. The molecule has 0 bridgehead atoms. The van der Waals surface area contributed by atoms with Gasteiger partial charge in [-0.25, -0.2) is 4.39 Å². The van der Waals surface area contributed by atoms with Crippen molar-refractivity contribution in [3.8, 4) is 11.5 Å². The van der Waals surface area contributed by atoms with Crippen molar-refractivity contribution in [2.24, 2.45) is 0 Å². The maximum Gasteiger partial charge on any atom is 0.258 e. The summed E-state index contributed by atoms with van der Waals surface area (Å²) in [6.07, 6.45) is 5.22. The fourth-order valence-corrected chi connectivity index (χ4v) is 3.72. The van der Waals surface area contributed by atoms with Crippen LogP contribution < -0.4 is 19.9 Å². The number of rotatable bonds is 9. The van der Waals surface area contributed by atoms with Crippen LogP contribution in [0.5, 0.6) is 11.5 Å². The lowest BCUT2D eigenvalue weighted by atomic mass is 10.2. The maximum absolute atomic E-state index is 15.0. The van der Waals surface area contributed by atoms with Crippen molar-refractivity contribution in [3.05, 3.63) is 96.1 Å². The van der Waals surface area contributed by atoms with Crippen molar-refractivity contribution >= 4 is 40.2 Å². The number of hydrogen-bond donors (Lipinski definition) is 2. The van der Waals surface area contributed by atoms with Crippen LogP contribution in [0.2, 0.25) is 0 Å². The number of aromatic amines is 1. The predicted molar refractivity (Wildman–Crippen MR) is 148 cm³/mol. The third kappa shape index (κ3) is 5.89. The van der Waals surface area contributed by atoms with Gasteiger partial charge < -0.3 is 19.9 Å². The molecule has 1 amide bonds. The van der Waals surface area contributed by atoms with Gasteiger partial charge >= 0.3 is 0 Å². The van der Waals surface area contributed by atoms with Crippen molar-refractivity contribution in [3.63, 3.8) is 0 Å². The van der Waals surface area contributed by atoms with Crippen LogP contribution in [0, 0.1) is 5.82 Å². The van der Waals surface area contributed by atoms with Crippen LogP contribution in [-0.2, 0) is 9.59 Å². The summed E-state index contributed by atoms with van der Waals surface area (Å²) in [5, 5.41) is 10.3. The van der Waals surface area contributed by atoms with E-state index in [0.29, 0.717) is 12.0 Å². The molecule has 0 radical (unpaired) electrons. The van der Waals surface area contributed by atoms with Crippen LogP contribution >= 0.6 is 0 Å². The highest BCUT2D eigenvalue weighted by atomic mass is 19.1. The predicted octanol–water partition coefficient (Wildman–Crippen LogP) is 5.66. The van der Waals surface area contributed by atoms with E-state index >= 15 is 0 Å². The number of para-hydroxylation sites is 1. The number of benzene rings is 3. The van der Waals surface area contributed by atoms with Crippen LogP contribution in [0.1, 0.15) is 6.92 Å². The second-order valence-electron chi connectivity index (χ2n) is 8.82. The second kappa shape index (κ2) is 11.4. The zero-order valence-corrected chi connectivity index (χ0v) is 21.5. The van der Waals surface area contributed by atoms with Crippen molar-refractivity contribution in [1.82, 2.24) is 10.2 Å². The fourth-order valence-electron chi connectivity index (χ4n) is 3.72. The van der Waals surface area contributed by atoms with Gasteiger partial charge in [0.05, 0.1) is 23.0 Å². The number of halogens is 1. The zero-order chi connectivity index (χ0) is 27.2. The number of allylic oxidation sites excluding steroid dienone is 3. The summed E-state index contributed by atoms with van der Waals surface area (Å²) in [7, 11) is 5.60. The van der Waals surface area contributed by atoms with Crippen LogP contribution in [0.15, 0.2) is 90.3 Å². The summed E-state index contributed by atoms with van der Waals surface area (Å²) < 4.78 is 20.8. The number of nitrogens with zero attached hydrogens (tertiary/aromatic N) is 3. The van der Waals surface area contributed by atoms with Gasteiger partial charge in [0.15, 0.2) is 23.6 Å². The molecule has 0 aliphatic rings. The number of amides is 1. The lowest BCUT2D eigenvalue weighted by Crippen LogP contribution is -2.16. The Kier molecular flexibility index (Phi) is 7.86. The monoisotopic (exact) mass is 513 g/mol. The van der Waals surface area contributed by atoms with E-state index in [9.17, 15) is 14.0 Å². The maximum atomic E-state index is 15.0. The first-order valence-electron chi connectivity index (χ1n) is 11.8. The van der Waals surface area contributed by atoms with Gasteiger partial charge in [0.25, 0.3) is 5.91 Å². The Hall–Kier alpha value is -4.92. The first-order valence-corrected chi connectivity index (χ1v) is 11.8. The highest BCUT2D eigenvalue weighted by Gasteiger charge is 2.15. The summed E-state index contributed by atoms with van der Waals surface area (Å²) in [6, 6.07) is 17.4. The van der Waals surface area contributed by atoms with E-state index in [1.165, 1.54) is 18.2 Å². The molecule has 0 aliphatic carbocycles. The number of nitrogens with one attached hydrogen (secondary N) is 2. The number of hydrogen-bond acceptors (Lipinski definition) is 6. The van der Waals surface area contributed by atoms with Gasteiger partial charge in [0.2, 0.25) is 0 Å². The largest absolute Gasteiger partial charge is 0.452 e. The number of carbonyl (C=O) groups excluding carboxylic acids is 2. The van der Waals surface area contributed by atoms with E-state index in [4.69, 9.17) is 4.74 Å². The van der Waals surface area contributed by atoms with Gasteiger partial charge in [0.1, 0.15) is 0 Å². The molecule has 38 heavy (non-hydrogen) atoms. The van der Waals surface area contributed by atoms with E-state index < -0.39 is 11.7 Å². The molecule has 1 heterocycles. The Bertz CT molecular complexity index is 1530. The molecule has 0 aliphatic heterocycles. The van der Waals surface area contributed by atoms with Gasteiger partial charge in [-0.05, 0) is 55.5 Å². The van der Waals surface area contributed by atoms with E-state index in [1.807, 2.05) is 74.3 Å². The highest BCUT2D eigenvalue weighted by molar-refractivity contribution is 6.16. The summed E-state index contributed by atoms with van der Waals surface area (Å²) in [5.41, 5.74) is 3.44. The van der Waals surface area contributed by atoms with Crippen molar-refractivity contribution in [2.75, 3.05) is 36.3 Å². The minimum atomic E-state index is -0.670. The minimum Gasteiger partial charge on any atom is -0.452 e. The first kappa shape index (κ1) is 26.2. The summed E-state index contributed by atoms with van der Waals surface area (Å²) in [6.45, 7) is 1.87. The molecule has 0 saturated heterocycles. The lowest BCUT2D eigenvalue weighted by Gasteiger charge is -2.19. The van der Waals surface area contributed by atoms with Crippen LogP contribution in [0.4, 0.5) is 21.5 Å². The molecule has 1 aromatic heterocycles. The van der Waals surface area contributed by atoms with Crippen LogP contribution in [0.25, 0.3) is 10.9 Å². The number of anilines is 3.